The molecule has 4 rings (SSSR count). The highest BCUT2D eigenvalue weighted by Gasteiger charge is 2.24. The zero-order chi connectivity index (χ0) is 21.6. The van der Waals surface area contributed by atoms with Gasteiger partial charge in [-0.15, -0.1) is 0 Å². The second-order valence-electron chi connectivity index (χ2n) is 6.89. The molecule has 6 heteroatoms. The average Bonchev–Trinajstić information content (AvgIpc) is 3.14. The Kier molecular flexibility index (Phi) is 6.48. The van der Waals surface area contributed by atoms with Crippen molar-refractivity contribution >= 4 is 33.9 Å². The summed E-state index contributed by atoms with van der Waals surface area (Å²) in [7, 11) is 0. The van der Waals surface area contributed by atoms with E-state index in [9.17, 15) is 4.79 Å². The van der Waals surface area contributed by atoms with Crippen molar-refractivity contribution in [2.24, 2.45) is 4.99 Å². The van der Waals surface area contributed by atoms with E-state index >= 15 is 0 Å². The van der Waals surface area contributed by atoms with Crippen molar-refractivity contribution in [2.75, 3.05) is 13.2 Å². The number of carbonyl (C=O) groups excluding carboxylic acids is 1. The molecule has 0 unspecified atom stereocenters. The zero-order valence-corrected chi connectivity index (χ0v) is 18.5. The smallest absolute Gasteiger partial charge is 0.363 e. The molecule has 156 valence electrons. The minimum Gasteiger partial charge on any atom is -0.490 e. The van der Waals surface area contributed by atoms with Gasteiger partial charge in [-0.25, -0.2) is 9.79 Å². The quantitative estimate of drug-likeness (QED) is 0.254. The second-order valence-corrected chi connectivity index (χ2v) is 7.81. The monoisotopic (exact) mass is 477 g/mol. The molecule has 31 heavy (non-hydrogen) atoms. The van der Waals surface area contributed by atoms with E-state index in [0.717, 1.165) is 21.3 Å². The van der Waals surface area contributed by atoms with Crippen molar-refractivity contribution < 1.29 is 19.0 Å². The number of aliphatic imine (C=N–C) groups is 1. The Labute approximate surface area is 189 Å². The molecular weight excluding hydrogens is 458 g/mol. The van der Waals surface area contributed by atoms with Gasteiger partial charge >= 0.3 is 5.97 Å². The summed E-state index contributed by atoms with van der Waals surface area (Å²) in [6, 6.07) is 22.8. The highest BCUT2D eigenvalue weighted by molar-refractivity contribution is 9.10. The molecule has 0 saturated carbocycles. The number of nitrogens with zero attached hydrogens (tertiary/aromatic N) is 1. The van der Waals surface area contributed by atoms with Crippen LogP contribution in [0.2, 0.25) is 0 Å². The summed E-state index contributed by atoms with van der Waals surface area (Å²) in [5, 5.41) is 0. The Morgan fingerprint density at radius 2 is 1.71 bits per heavy atom. The van der Waals surface area contributed by atoms with Crippen molar-refractivity contribution in [1.82, 2.24) is 0 Å². The summed E-state index contributed by atoms with van der Waals surface area (Å²) in [6.07, 6.45) is 1.67. The van der Waals surface area contributed by atoms with Crippen LogP contribution in [0.3, 0.4) is 0 Å². The summed E-state index contributed by atoms with van der Waals surface area (Å²) in [5.41, 5.74) is 2.87. The lowest BCUT2D eigenvalue weighted by molar-refractivity contribution is -0.129. The topological polar surface area (TPSA) is 57.1 Å². The number of hydrogen-bond donors (Lipinski definition) is 0. The Morgan fingerprint density at radius 3 is 2.48 bits per heavy atom. The Bertz CT molecular complexity index is 1140. The maximum absolute atomic E-state index is 12.3. The highest BCUT2D eigenvalue weighted by Crippen LogP contribution is 2.28. The summed E-state index contributed by atoms with van der Waals surface area (Å²) in [6.45, 7) is 2.78. The lowest BCUT2D eigenvalue weighted by Gasteiger charge is -2.11. The third-order valence-electron chi connectivity index (χ3n) is 4.54. The van der Waals surface area contributed by atoms with E-state index in [1.807, 2.05) is 79.7 Å². The zero-order valence-electron chi connectivity index (χ0n) is 16.9. The van der Waals surface area contributed by atoms with Gasteiger partial charge in [0.05, 0.1) is 0 Å². The van der Waals surface area contributed by atoms with Gasteiger partial charge in [-0.3, -0.25) is 0 Å². The van der Waals surface area contributed by atoms with Crippen LogP contribution in [0, 0.1) is 6.92 Å². The molecule has 1 aliphatic rings. The Morgan fingerprint density at radius 1 is 0.968 bits per heavy atom. The molecule has 5 nitrogen and oxygen atoms in total. The average molecular weight is 478 g/mol. The first kappa shape index (κ1) is 20.9. The molecular formula is C25H20BrNO4. The Balaban J connectivity index is 1.47. The van der Waals surface area contributed by atoms with Gasteiger partial charge < -0.3 is 14.2 Å². The van der Waals surface area contributed by atoms with E-state index in [1.54, 1.807) is 6.08 Å². The minimum absolute atomic E-state index is 0.220. The fourth-order valence-corrected chi connectivity index (χ4v) is 3.35. The van der Waals surface area contributed by atoms with Crippen LogP contribution in [0.4, 0.5) is 0 Å². The molecule has 1 aliphatic heterocycles. The van der Waals surface area contributed by atoms with Crippen LogP contribution in [-0.2, 0) is 9.53 Å². The second kappa shape index (κ2) is 9.62. The normalized spacial score (nSPS) is 14.3. The molecule has 0 bridgehead atoms. The van der Waals surface area contributed by atoms with Gasteiger partial charge in [-0.1, -0.05) is 51.8 Å². The summed E-state index contributed by atoms with van der Waals surface area (Å²) >= 11 is 3.47. The molecule has 0 N–H and O–H groups in total. The fraction of sp³-hybridized carbons (Fsp3) is 0.120. The lowest BCUT2D eigenvalue weighted by atomic mass is 10.1. The number of hydrogen-bond acceptors (Lipinski definition) is 5. The number of cyclic esters (lactones) is 1. The summed E-state index contributed by atoms with van der Waals surface area (Å²) in [4.78, 5) is 16.7. The van der Waals surface area contributed by atoms with Crippen LogP contribution in [0.15, 0.2) is 88.0 Å². The van der Waals surface area contributed by atoms with Gasteiger partial charge in [-0.05, 0) is 55.5 Å². The van der Waals surface area contributed by atoms with Crippen LogP contribution in [-0.4, -0.2) is 25.1 Å². The predicted molar refractivity (Wildman–Crippen MR) is 123 cm³/mol. The van der Waals surface area contributed by atoms with E-state index in [4.69, 9.17) is 14.2 Å². The van der Waals surface area contributed by atoms with Gasteiger partial charge in [0.1, 0.15) is 24.7 Å². The number of aryl methyl sites for hydroxylation is 1. The molecule has 0 amide bonds. The molecule has 0 aromatic heterocycles. The maximum Gasteiger partial charge on any atom is 0.363 e. The first-order valence-corrected chi connectivity index (χ1v) is 10.6. The number of rotatable bonds is 7. The van der Waals surface area contributed by atoms with Crippen molar-refractivity contribution in [3.05, 3.63) is 99.7 Å². The van der Waals surface area contributed by atoms with Crippen molar-refractivity contribution in [2.45, 2.75) is 6.92 Å². The molecule has 0 radical (unpaired) electrons. The van der Waals surface area contributed by atoms with Crippen LogP contribution in [0.1, 0.15) is 16.7 Å². The first-order valence-electron chi connectivity index (χ1n) is 9.78. The van der Waals surface area contributed by atoms with Gasteiger partial charge in [0, 0.05) is 15.6 Å². The van der Waals surface area contributed by atoms with E-state index in [2.05, 4.69) is 20.9 Å². The van der Waals surface area contributed by atoms with Gasteiger partial charge in [0.2, 0.25) is 5.90 Å². The Hall–Kier alpha value is -3.38. The van der Waals surface area contributed by atoms with Crippen LogP contribution in [0.5, 0.6) is 11.5 Å². The van der Waals surface area contributed by atoms with Crippen molar-refractivity contribution in [3.63, 3.8) is 0 Å². The molecule has 3 aromatic rings. The maximum atomic E-state index is 12.3. The molecule has 0 spiro atoms. The van der Waals surface area contributed by atoms with E-state index in [0.29, 0.717) is 24.9 Å². The molecule has 0 fully saturated rings. The standard InChI is InChI=1S/C25H20BrNO4/c1-17-7-10-21(11-8-17)29-13-14-30-23-12-9-20(26)15-19(23)16-22-25(28)31-24(27-22)18-5-3-2-4-6-18/h2-12,15-16H,13-14H2,1H3/b22-16-. The van der Waals surface area contributed by atoms with Gasteiger partial charge in [-0.2, -0.15) is 0 Å². The van der Waals surface area contributed by atoms with Gasteiger partial charge in [0.15, 0.2) is 5.70 Å². The summed E-state index contributed by atoms with van der Waals surface area (Å²) < 4.78 is 17.8. The van der Waals surface area contributed by atoms with E-state index in [1.165, 1.54) is 5.56 Å². The third kappa shape index (κ3) is 5.41. The van der Waals surface area contributed by atoms with Crippen LogP contribution >= 0.6 is 15.9 Å². The number of halogens is 1. The molecule has 1 heterocycles. The minimum atomic E-state index is -0.493. The molecule has 0 saturated heterocycles. The van der Waals surface area contributed by atoms with Crippen LogP contribution < -0.4 is 9.47 Å². The van der Waals surface area contributed by atoms with E-state index in [-0.39, 0.29) is 5.70 Å². The summed E-state index contributed by atoms with van der Waals surface area (Å²) in [5.74, 6) is 1.22. The van der Waals surface area contributed by atoms with Gasteiger partial charge in [0.25, 0.3) is 0 Å². The lowest BCUT2D eigenvalue weighted by Crippen LogP contribution is -2.09. The molecule has 0 aliphatic carbocycles. The third-order valence-corrected chi connectivity index (χ3v) is 5.03. The number of benzene rings is 3. The largest absolute Gasteiger partial charge is 0.490 e. The van der Waals surface area contributed by atoms with Crippen LogP contribution in [0.25, 0.3) is 6.08 Å². The van der Waals surface area contributed by atoms with E-state index < -0.39 is 5.97 Å². The predicted octanol–water partition coefficient (Wildman–Crippen LogP) is 5.56. The fourth-order valence-electron chi connectivity index (χ4n) is 2.97. The number of carbonyl (C=O) groups is 1. The number of esters is 1. The SMILES string of the molecule is Cc1ccc(OCCOc2ccc(Br)cc2/C=C2\N=C(c3ccccc3)OC2=O)cc1. The number of ether oxygens (including phenoxy) is 3. The van der Waals surface area contributed by atoms with Crippen molar-refractivity contribution in [3.8, 4) is 11.5 Å². The molecule has 3 aromatic carbocycles. The molecule has 0 atom stereocenters. The van der Waals surface area contributed by atoms with Crippen molar-refractivity contribution in [1.29, 1.82) is 0 Å². The first-order chi connectivity index (χ1) is 15.1. The highest BCUT2D eigenvalue weighted by atomic mass is 79.9.